The molecule has 0 saturated carbocycles. The molecule has 26 heavy (non-hydrogen) atoms. The molecule has 0 bridgehead atoms. The summed E-state index contributed by atoms with van der Waals surface area (Å²) in [4.78, 5) is 4.30. The van der Waals surface area contributed by atoms with Crippen molar-refractivity contribution in [1.29, 1.82) is 0 Å². The highest BCUT2D eigenvalue weighted by atomic mass is 32.2. The second-order valence-electron chi connectivity index (χ2n) is 6.38. The summed E-state index contributed by atoms with van der Waals surface area (Å²) < 4.78 is 31.5. The Balaban J connectivity index is 1.70. The molecule has 0 spiro atoms. The average Bonchev–Trinajstić information content (AvgIpc) is 3.06. The monoisotopic (exact) mass is 371 g/mol. The van der Waals surface area contributed by atoms with Crippen LogP contribution in [0.3, 0.4) is 0 Å². The fourth-order valence-corrected chi connectivity index (χ4v) is 3.57. The zero-order valence-electron chi connectivity index (χ0n) is 15.0. The lowest BCUT2D eigenvalue weighted by Crippen LogP contribution is -2.27. The zero-order valence-corrected chi connectivity index (χ0v) is 15.8. The maximum absolute atomic E-state index is 12.5. The Morgan fingerprint density at radius 3 is 2.15 bits per heavy atom. The summed E-state index contributed by atoms with van der Waals surface area (Å²) in [5.41, 5.74) is 3.80. The first-order valence-electron chi connectivity index (χ1n) is 8.23. The van der Waals surface area contributed by atoms with Crippen LogP contribution in [-0.4, -0.2) is 29.9 Å². The molecular weight excluding hydrogens is 350 g/mol. The van der Waals surface area contributed by atoms with E-state index in [1.165, 1.54) is 11.4 Å². The number of sulfonamides is 1. The van der Waals surface area contributed by atoms with Crippen LogP contribution in [0.1, 0.15) is 22.6 Å². The molecule has 0 atom stereocenters. The molecule has 0 aliphatic rings. The highest BCUT2D eigenvalue weighted by molar-refractivity contribution is 7.88. The van der Waals surface area contributed by atoms with E-state index in [4.69, 9.17) is 4.52 Å². The van der Waals surface area contributed by atoms with Gasteiger partial charge in [0.1, 0.15) is 0 Å². The Kier molecular flexibility index (Phi) is 5.20. The first-order chi connectivity index (χ1) is 12.3. The van der Waals surface area contributed by atoms with Crippen molar-refractivity contribution in [3.63, 3.8) is 0 Å². The highest BCUT2D eigenvalue weighted by Crippen LogP contribution is 2.18. The molecule has 0 aliphatic carbocycles. The fraction of sp³-hybridized carbons (Fsp3) is 0.263. The topological polar surface area (TPSA) is 76.3 Å². The molecule has 0 fully saturated rings. The summed E-state index contributed by atoms with van der Waals surface area (Å²) in [5, 5.41) is 3.94. The van der Waals surface area contributed by atoms with Gasteiger partial charge >= 0.3 is 0 Å². The van der Waals surface area contributed by atoms with Gasteiger partial charge in [0.05, 0.1) is 12.3 Å². The third kappa shape index (κ3) is 4.36. The fourth-order valence-electron chi connectivity index (χ4n) is 2.43. The lowest BCUT2D eigenvalue weighted by atomic mass is 10.1. The summed E-state index contributed by atoms with van der Waals surface area (Å²) in [5.74, 6) is 0.642. The smallest absolute Gasteiger partial charge is 0.242 e. The van der Waals surface area contributed by atoms with Crippen molar-refractivity contribution < 1.29 is 12.9 Å². The van der Waals surface area contributed by atoms with Crippen LogP contribution in [0.15, 0.2) is 53.1 Å². The molecule has 6 nitrogen and oxygen atoms in total. The first kappa shape index (κ1) is 18.3. The minimum Gasteiger partial charge on any atom is -0.338 e. The van der Waals surface area contributed by atoms with E-state index in [0.29, 0.717) is 5.82 Å². The molecule has 1 aromatic heterocycles. The molecule has 3 aromatic rings. The minimum atomic E-state index is -3.48. The van der Waals surface area contributed by atoms with E-state index in [1.807, 2.05) is 62.4 Å². The maximum atomic E-state index is 12.5. The van der Waals surface area contributed by atoms with Gasteiger partial charge in [-0.1, -0.05) is 64.8 Å². The molecule has 1 heterocycles. The molecule has 7 heteroatoms. The second kappa shape index (κ2) is 7.39. The van der Waals surface area contributed by atoms with Crippen LogP contribution < -0.4 is 0 Å². The minimum absolute atomic E-state index is 0.0348. The van der Waals surface area contributed by atoms with Crippen molar-refractivity contribution in [1.82, 2.24) is 14.4 Å². The van der Waals surface area contributed by atoms with Gasteiger partial charge in [0.25, 0.3) is 0 Å². The number of benzene rings is 2. The zero-order chi connectivity index (χ0) is 18.7. The van der Waals surface area contributed by atoms with Crippen LogP contribution in [0.4, 0.5) is 0 Å². The number of aryl methyl sites for hydroxylation is 2. The van der Waals surface area contributed by atoms with Gasteiger partial charge in [-0.15, -0.1) is 0 Å². The van der Waals surface area contributed by atoms with E-state index < -0.39 is 10.0 Å². The molecule has 0 unspecified atom stereocenters. The molecule has 2 aromatic carbocycles. The van der Waals surface area contributed by atoms with E-state index in [2.05, 4.69) is 10.1 Å². The number of hydrogen-bond acceptors (Lipinski definition) is 5. The van der Waals surface area contributed by atoms with Gasteiger partial charge in [-0.05, 0) is 19.4 Å². The largest absolute Gasteiger partial charge is 0.338 e. The van der Waals surface area contributed by atoms with E-state index in [9.17, 15) is 8.42 Å². The van der Waals surface area contributed by atoms with Gasteiger partial charge in [0.15, 0.2) is 0 Å². The Labute approximate surface area is 153 Å². The van der Waals surface area contributed by atoms with Crippen molar-refractivity contribution in [2.75, 3.05) is 7.05 Å². The van der Waals surface area contributed by atoms with Gasteiger partial charge in [0, 0.05) is 12.6 Å². The van der Waals surface area contributed by atoms with E-state index in [0.717, 1.165) is 22.3 Å². The van der Waals surface area contributed by atoms with Crippen molar-refractivity contribution in [3.05, 3.63) is 71.1 Å². The molecule has 0 aliphatic heterocycles. The van der Waals surface area contributed by atoms with E-state index in [-0.39, 0.29) is 18.2 Å². The summed E-state index contributed by atoms with van der Waals surface area (Å²) in [6.07, 6.45) is 0. The van der Waals surface area contributed by atoms with Gasteiger partial charge in [-0.2, -0.15) is 9.29 Å². The van der Waals surface area contributed by atoms with Crippen molar-refractivity contribution in [2.24, 2.45) is 0 Å². The van der Waals surface area contributed by atoms with Crippen molar-refractivity contribution >= 4 is 10.0 Å². The average molecular weight is 371 g/mol. The van der Waals surface area contributed by atoms with E-state index >= 15 is 0 Å². The SMILES string of the molecule is Cc1ccc(CS(=O)(=O)N(C)Cc2nc(-c3ccc(C)cc3)no2)cc1. The first-order valence-corrected chi connectivity index (χ1v) is 9.83. The molecule has 0 radical (unpaired) electrons. The molecule has 0 N–H and O–H groups in total. The lowest BCUT2D eigenvalue weighted by Gasteiger charge is -2.15. The van der Waals surface area contributed by atoms with Crippen molar-refractivity contribution in [3.8, 4) is 11.4 Å². The number of nitrogens with zero attached hydrogens (tertiary/aromatic N) is 3. The molecule has 136 valence electrons. The Bertz CT molecular complexity index is 978. The van der Waals surface area contributed by atoms with Gasteiger partial charge < -0.3 is 4.52 Å². The van der Waals surface area contributed by atoms with Crippen LogP contribution in [0.25, 0.3) is 11.4 Å². The number of hydrogen-bond donors (Lipinski definition) is 0. The standard InChI is InChI=1S/C19H21N3O3S/c1-14-4-8-16(9-5-14)13-26(23,24)22(3)12-18-20-19(21-25-18)17-10-6-15(2)7-11-17/h4-11H,12-13H2,1-3H3. The predicted molar refractivity (Wildman–Crippen MR) is 99.7 cm³/mol. The summed E-state index contributed by atoms with van der Waals surface area (Å²) in [6.45, 7) is 4.00. The Morgan fingerprint density at radius 2 is 1.54 bits per heavy atom. The number of aromatic nitrogens is 2. The highest BCUT2D eigenvalue weighted by Gasteiger charge is 2.21. The normalized spacial score (nSPS) is 11.8. The predicted octanol–water partition coefficient (Wildman–Crippen LogP) is 3.32. The van der Waals surface area contributed by atoms with Gasteiger partial charge in [-0.3, -0.25) is 0 Å². The third-order valence-electron chi connectivity index (χ3n) is 4.08. The van der Waals surface area contributed by atoms with Crippen LogP contribution in [0.5, 0.6) is 0 Å². The van der Waals surface area contributed by atoms with Crippen LogP contribution >= 0.6 is 0 Å². The lowest BCUT2D eigenvalue weighted by molar-refractivity contribution is 0.336. The van der Waals surface area contributed by atoms with Crippen molar-refractivity contribution in [2.45, 2.75) is 26.1 Å². The Hall–Kier alpha value is -2.51. The molecular formula is C19H21N3O3S. The van der Waals surface area contributed by atoms with Crippen LogP contribution in [-0.2, 0) is 22.3 Å². The van der Waals surface area contributed by atoms with E-state index in [1.54, 1.807) is 0 Å². The van der Waals surface area contributed by atoms with Gasteiger partial charge in [-0.25, -0.2) is 8.42 Å². The second-order valence-corrected chi connectivity index (χ2v) is 8.45. The summed E-state index contributed by atoms with van der Waals surface area (Å²) in [7, 11) is -1.97. The molecule has 0 saturated heterocycles. The van der Waals surface area contributed by atoms with Crippen LogP contribution in [0.2, 0.25) is 0 Å². The number of rotatable bonds is 6. The summed E-state index contributed by atoms with van der Waals surface area (Å²) in [6, 6.07) is 15.2. The Morgan fingerprint density at radius 1 is 0.962 bits per heavy atom. The third-order valence-corrected chi connectivity index (χ3v) is 5.86. The molecule has 0 amide bonds. The quantitative estimate of drug-likeness (QED) is 0.664. The van der Waals surface area contributed by atoms with Gasteiger partial charge in [0.2, 0.25) is 21.7 Å². The molecule has 3 rings (SSSR count). The maximum Gasteiger partial charge on any atom is 0.242 e. The van der Waals surface area contributed by atoms with Crippen LogP contribution in [0, 0.1) is 13.8 Å². The summed E-state index contributed by atoms with van der Waals surface area (Å²) >= 11 is 0.